The zero-order valence-corrected chi connectivity index (χ0v) is 11.5. The van der Waals surface area contributed by atoms with Crippen LogP contribution >= 0.6 is 0 Å². The molecule has 0 bridgehead atoms. The normalized spacial score (nSPS) is 18.0. The third kappa shape index (κ3) is 2.26. The highest BCUT2D eigenvalue weighted by Crippen LogP contribution is 2.43. The Morgan fingerprint density at radius 1 is 1.42 bits per heavy atom. The van der Waals surface area contributed by atoms with Gasteiger partial charge in [-0.1, -0.05) is 6.92 Å². The molecule has 1 heterocycles. The molecule has 5 heteroatoms. The van der Waals surface area contributed by atoms with Crippen LogP contribution in [0.3, 0.4) is 0 Å². The molecule has 1 aromatic rings. The summed E-state index contributed by atoms with van der Waals surface area (Å²) in [5.41, 5.74) is 1.36. The van der Waals surface area contributed by atoms with Crippen molar-refractivity contribution in [2.45, 2.75) is 33.0 Å². The lowest BCUT2D eigenvalue weighted by Gasteiger charge is -2.34. The second-order valence-electron chi connectivity index (χ2n) is 4.40. The summed E-state index contributed by atoms with van der Waals surface area (Å²) >= 11 is 0. The summed E-state index contributed by atoms with van der Waals surface area (Å²) in [5.74, 6) is 1.08. The Hall–Kier alpha value is -1.75. The maximum absolute atomic E-state index is 12.2. The molecule has 104 valence electrons. The number of anilines is 1. The molecule has 0 radical (unpaired) electrons. The van der Waals surface area contributed by atoms with E-state index in [0.29, 0.717) is 35.7 Å². The zero-order chi connectivity index (χ0) is 14.0. The maximum atomic E-state index is 12.2. The van der Waals surface area contributed by atoms with Crippen LogP contribution in [0.4, 0.5) is 5.69 Å². The number of carbonyl (C=O) groups excluding carboxylic acids is 1. The summed E-state index contributed by atoms with van der Waals surface area (Å²) in [4.78, 5) is 13.9. The Labute approximate surface area is 112 Å². The van der Waals surface area contributed by atoms with Crippen molar-refractivity contribution in [3.63, 3.8) is 0 Å². The predicted molar refractivity (Wildman–Crippen MR) is 71.7 cm³/mol. The van der Waals surface area contributed by atoms with Gasteiger partial charge in [-0.2, -0.15) is 0 Å². The number of aliphatic hydroxyl groups is 1. The van der Waals surface area contributed by atoms with E-state index in [9.17, 15) is 9.90 Å². The van der Waals surface area contributed by atoms with Gasteiger partial charge in [0, 0.05) is 6.54 Å². The number of benzene rings is 1. The van der Waals surface area contributed by atoms with Crippen LogP contribution < -0.4 is 14.4 Å². The van der Waals surface area contributed by atoms with Crippen molar-refractivity contribution in [1.82, 2.24) is 0 Å². The first-order chi connectivity index (χ1) is 9.15. The van der Waals surface area contributed by atoms with E-state index in [0.717, 1.165) is 0 Å². The van der Waals surface area contributed by atoms with E-state index in [2.05, 4.69) is 0 Å². The second-order valence-corrected chi connectivity index (χ2v) is 4.40. The molecule has 0 aromatic heterocycles. The van der Waals surface area contributed by atoms with Crippen LogP contribution in [-0.4, -0.2) is 30.8 Å². The molecule has 1 aromatic carbocycles. The molecule has 1 N–H and O–H groups in total. The summed E-state index contributed by atoms with van der Waals surface area (Å²) in [6, 6.07) is 3.50. The quantitative estimate of drug-likeness (QED) is 0.900. The van der Waals surface area contributed by atoms with E-state index in [-0.39, 0.29) is 12.5 Å². The number of hydrogen-bond donors (Lipinski definition) is 1. The molecule has 5 nitrogen and oxygen atoms in total. The first-order valence-electron chi connectivity index (χ1n) is 6.46. The van der Waals surface area contributed by atoms with E-state index in [1.54, 1.807) is 24.1 Å². The number of hydrogen-bond acceptors (Lipinski definition) is 4. The fraction of sp³-hybridized carbons (Fsp3) is 0.500. The summed E-state index contributed by atoms with van der Waals surface area (Å²) in [5, 5.41) is 9.28. The van der Waals surface area contributed by atoms with E-state index < -0.39 is 6.10 Å². The standard InChI is InChI=1S/C14H19NO4/c1-4-11-14(17)15(5-2)10-6-9(8-16)7-12(18-3)13(10)19-11/h6-7,11,16H,4-5,8H2,1-3H3. The number of amides is 1. The van der Waals surface area contributed by atoms with Gasteiger partial charge >= 0.3 is 0 Å². The van der Waals surface area contributed by atoms with Gasteiger partial charge in [0.2, 0.25) is 0 Å². The van der Waals surface area contributed by atoms with E-state index in [4.69, 9.17) is 9.47 Å². The largest absolute Gasteiger partial charge is 0.493 e. The molecule has 0 saturated carbocycles. The lowest BCUT2D eigenvalue weighted by atomic mass is 10.1. The van der Waals surface area contributed by atoms with Crippen molar-refractivity contribution < 1.29 is 19.4 Å². The topological polar surface area (TPSA) is 59.0 Å². The molecular formula is C14H19NO4. The molecule has 1 aliphatic heterocycles. The average Bonchev–Trinajstić information content (AvgIpc) is 2.45. The van der Waals surface area contributed by atoms with Gasteiger partial charge in [0.05, 0.1) is 19.4 Å². The lowest BCUT2D eigenvalue weighted by molar-refractivity contribution is -0.126. The third-order valence-electron chi connectivity index (χ3n) is 3.28. The fourth-order valence-corrected chi connectivity index (χ4v) is 2.27. The summed E-state index contributed by atoms with van der Waals surface area (Å²) in [6.07, 6.45) is 0.140. The summed E-state index contributed by atoms with van der Waals surface area (Å²) < 4.78 is 11.1. The van der Waals surface area contributed by atoms with E-state index in [1.807, 2.05) is 13.8 Å². The smallest absolute Gasteiger partial charge is 0.268 e. The minimum atomic E-state index is -0.471. The number of aliphatic hydroxyl groups excluding tert-OH is 1. The Morgan fingerprint density at radius 3 is 2.68 bits per heavy atom. The van der Waals surface area contributed by atoms with E-state index in [1.165, 1.54) is 0 Å². The van der Waals surface area contributed by atoms with Crippen molar-refractivity contribution in [3.05, 3.63) is 17.7 Å². The highest BCUT2D eigenvalue weighted by atomic mass is 16.5. The molecule has 0 aliphatic carbocycles. The number of ether oxygens (including phenoxy) is 2. The number of methoxy groups -OCH3 is 1. The minimum Gasteiger partial charge on any atom is -0.493 e. The number of likely N-dealkylation sites (N-methyl/N-ethyl adjacent to an activating group) is 1. The summed E-state index contributed by atoms with van der Waals surface area (Å²) in [6.45, 7) is 4.28. The number of nitrogens with zero attached hydrogens (tertiary/aromatic N) is 1. The van der Waals surface area contributed by atoms with Crippen LogP contribution in [-0.2, 0) is 11.4 Å². The van der Waals surface area contributed by atoms with Gasteiger partial charge in [-0.3, -0.25) is 4.79 Å². The minimum absolute atomic E-state index is 0.0466. The van der Waals surface area contributed by atoms with Crippen LogP contribution in [0.5, 0.6) is 11.5 Å². The Morgan fingerprint density at radius 2 is 2.16 bits per heavy atom. The molecule has 2 rings (SSSR count). The molecule has 0 spiro atoms. The highest BCUT2D eigenvalue weighted by Gasteiger charge is 2.34. The second kappa shape index (κ2) is 5.48. The highest BCUT2D eigenvalue weighted by molar-refractivity contribution is 6.00. The Bertz CT molecular complexity index is 487. The number of rotatable bonds is 4. The van der Waals surface area contributed by atoms with Gasteiger partial charge < -0.3 is 19.5 Å². The van der Waals surface area contributed by atoms with Crippen molar-refractivity contribution in [2.75, 3.05) is 18.6 Å². The van der Waals surface area contributed by atoms with Gasteiger partial charge in [0.15, 0.2) is 17.6 Å². The van der Waals surface area contributed by atoms with Gasteiger partial charge in [-0.05, 0) is 31.0 Å². The fourth-order valence-electron chi connectivity index (χ4n) is 2.27. The van der Waals surface area contributed by atoms with Crippen LogP contribution in [0.15, 0.2) is 12.1 Å². The molecule has 1 aliphatic rings. The predicted octanol–water partition coefficient (Wildman–Crippen LogP) is 1.71. The number of carbonyl (C=O) groups is 1. The molecule has 0 saturated heterocycles. The third-order valence-corrected chi connectivity index (χ3v) is 3.28. The lowest BCUT2D eigenvalue weighted by Crippen LogP contribution is -2.45. The zero-order valence-electron chi connectivity index (χ0n) is 11.5. The van der Waals surface area contributed by atoms with Crippen molar-refractivity contribution in [1.29, 1.82) is 0 Å². The van der Waals surface area contributed by atoms with Gasteiger partial charge in [-0.15, -0.1) is 0 Å². The Balaban J connectivity index is 2.57. The SMILES string of the molecule is CCC1Oc2c(OC)cc(CO)cc2N(CC)C1=O. The van der Waals surface area contributed by atoms with Gasteiger partial charge in [-0.25, -0.2) is 0 Å². The van der Waals surface area contributed by atoms with Crippen LogP contribution in [0.1, 0.15) is 25.8 Å². The maximum Gasteiger partial charge on any atom is 0.268 e. The van der Waals surface area contributed by atoms with Crippen molar-refractivity contribution in [2.24, 2.45) is 0 Å². The van der Waals surface area contributed by atoms with Gasteiger partial charge in [0.25, 0.3) is 5.91 Å². The molecule has 19 heavy (non-hydrogen) atoms. The van der Waals surface area contributed by atoms with Crippen LogP contribution in [0, 0.1) is 0 Å². The first-order valence-corrected chi connectivity index (χ1v) is 6.46. The molecule has 1 unspecified atom stereocenters. The molecule has 1 amide bonds. The Kier molecular flexibility index (Phi) is 3.95. The van der Waals surface area contributed by atoms with Crippen molar-refractivity contribution >= 4 is 11.6 Å². The molecule has 1 atom stereocenters. The number of fused-ring (bicyclic) bond motifs is 1. The van der Waals surface area contributed by atoms with Crippen LogP contribution in [0.2, 0.25) is 0 Å². The monoisotopic (exact) mass is 265 g/mol. The molecular weight excluding hydrogens is 246 g/mol. The molecule has 0 fully saturated rings. The van der Waals surface area contributed by atoms with E-state index >= 15 is 0 Å². The first kappa shape index (κ1) is 13.7. The average molecular weight is 265 g/mol. The van der Waals surface area contributed by atoms with Gasteiger partial charge in [0.1, 0.15) is 0 Å². The summed E-state index contributed by atoms with van der Waals surface area (Å²) in [7, 11) is 1.55. The van der Waals surface area contributed by atoms with Crippen molar-refractivity contribution in [3.8, 4) is 11.5 Å². The van der Waals surface area contributed by atoms with Crippen LogP contribution in [0.25, 0.3) is 0 Å².